The number of amides is 1. The summed E-state index contributed by atoms with van der Waals surface area (Å²) in [5, 5.41) is 18.1. The number of hydrogen-bond acceptors (Lipinski definition) is 6. The maximum Gasteiger partial charge on any atom is 0.292 e. The van der Waals surface area contributed by atoms with Crippen molar-refractivity contribution in [3.05, 3.63) is 83.7 Å². The first-order valence-corrected chi connectivity index (χ1v) is 8.94. The Bertz CT molecular complexity index is 1170. The second kappa shape index (κ2) is 8.15. The first-order valence-electron chi connectivity index (χ1n) is 8.94. The lowest BCUT2D eigenvalue weighted by Crippen LogP contribution is -2.30. The van der Waals surface area contributed by atoms with Crippen molar-refractivity contribution in [1.29, 1.82) is 0 Å². The molecule has 152 valence electrons. The first-order chi connectivity index (χ1) is 14.5. The summed E-state index contributed by atoms with van der Waals surface area (Å²) in [5.41, 5.74) is 1.52. The highest BCUT2D eigenvalue weighted by Crippen LogP contribution is 2.21. The van der Waals surface area contributed by atoms with E-state index in [1.165, 1.54) is 0 Å². The minimum Gasteiger partial charge on any atom is -0.348 e. The van der Waals surface area contributed by atoms with E-state index in [1.807, 2.05) is 18.3 Å². The van der Waals surface area contributed by atoms with Gasteiger partial charge in [-0.25, -0.2) is 8.78 Å². The normalized spacial score (nSPS) is 12.0. The predicted octanol–water partition coefficient (Wildman–Crippen LogP) is 1.63. The van der Waals surface area contributed by atoms with Gasteiger partial charge in [-0.05, 0) is 29.5 Å². The quantitative estimate of drug-likeness (QED) is 0.518. The molecule has 0 saturated carbocycles. The molecule has 0 fully saturated rings. The van der Waals surface area contributed by atoms with Crippen LogP contribution in [-0.2, 0) is 7.05 Å². The van der Waals surface area contributed by atoms with Crippen LogP contribution in [0.2, 0.25) is 0 Å². The summed E-state index contributed by atoms with van der Waals surface area (Å²) < 4.78 is 28.6. The van der Waals surface area contributed by atoms with Crippen LogP contribution in [0.3, 0.4) is 0 Å². The molecule has 11 heteroatoms. The number of carbonyl (C=O) groups is 1. The second-order valence-corrected chi connectivity index (χ2v) is 6.46. The number of benzene rings is 1. The molecule has 0 aliphatic heterocycles. The Balaban J connectivity index is 1.51. The third-order valence-electron chi connectivity index (χ3n) is 4.38. The average molecular weight is 410 g/mol. The maximum absolute atomic E-state index is 13.9. The number of halogens is 2. The number of carbonyl (C=O) groups excluding carboxylic acids is 1. The standard InChI is InChI=1S/C19H16F2N8O/c1-28-11-12(9-24-28)14(16-4-2-3-7-22-16)10-23-19(30)18-25-27-29(26-18)17-6-5-13(20)8-15(17)21/h2-9,11,14H,10H2,1H3,(H,23,30). The lowest BCUT2D eigenvalue weighted by atomic mass is 9.98. The highest BCUT2D eigenvalue weighted by atomic mass is 19.1. The molecule has 4 aromatic rings. The van der Waals surface area contributed by atoms with Crippen LogP contribution in [0.5, 0.6) is 0 Å². The highest BCUT2D eigenvalue weighted by Gasteiger charge is 2.21. The van der Waals surface area contributed by atoms with Crippen LogP contribution in [-0.4, -0.2) is 47.4 Å². The largest absolute Gasteiger partial charge is 0.348 e. The monoisotopic (exact) mass is 410 g/mol. The van der Waals surface area contributed by atoms with Crippen molar-refractivity contribution < 1.29 is 13.6 Å². The van der Waals surface area contributed by atoms with Gasteiger partial charge in [0.25, 0.3) is 11.7 Å². The molecule has 0 aliphatic rings. The van der Waals surface area contributed by atoms with Crippen LogP contribution >= 0.6 is 0 Å². The van der Waals surface area contributed by atoms with Crippen LogP contribution in [0.4, 0.5) is 8.78 Å². The van der Waals surface area contributed by atoms with Gasteiger partial charge in [-0.2, -0.15) is 5.10 Å². The molecule has 9 nitrogen and oxygen atoms in total. The number of hydrogen-bond donors (Lipinski definition) is 1. The topological polar surface area (TPSA) is 103 Å². The zero-order valence-corrected chi connectivity index (χ0v) is 15.8. The maximum atomic E-state index is 13.9. The number of tetrazole rings is 1. The minimum atomic E-state index is -0.869. The molecule has 3 heterocycles. The average Bonchev–Trinajstić information content (AvgIpc) is 3.38. The fourth-order valence-corrected chi connectivity index (χ4v) is 2.92. The van der Waals surface area contributed by atoms with Crippen LogP contribution in [0.1, 0.15) is 27.8 Å². The van der Waals surface area contributed by atoms with E-state index in [2.05, 4.69) is 30.8 Å². The molecule has 1 atom stereocenters. The van der Waals surface area contributed by atoms with Crippen LogP contribution in [0.25, 0.3) is 5.69 Å². The molecule has 1 amide bonds. The molecular weight excluding hydrogens is 394 g/mol. The summed E-state index contributed by atoms with van der Waals surface area (Å²) in [7, 11) is 1.80. The highest BCUT2D eigenvalue weighted by molar-refractivity contribution is 5.90. The van der Waals surface area contributed by atoms with E-state index in [4.69, 9.17) is 0 Å². The lowest BCUT2D eigenvalue weighted by Gasteiger charge is -2.15. The van der Waals surface area contributed by atoms with Gasteiger partial charge in [0.15, 0.2) is 5.82 Å². The van der Waals surface area contributed by atoms with Gasteiger partial charge in [0.2, 0.25) is 0 Å². The Hall–Kier alpha value is -4.02. The van der Waals surface area contributed by atoms with Crippen molar-refractivity contribution in [2.75, 3.05) is 6.54 Å². The lowest BCUT2D eigenvalue weighted by molar-refractivity contribution is 0.0941. The zero-order chi connectivity index (χ0) is 21.1. The van der Waals surface area contributed by atoms with Crippen molar-refractivity contribution in [3.63, 3.8) is 0 Å². The van der Waals surface area contributed by atoms with Crippen LogP contribution < -0.4 is 5.32 Å². The van der Waals surface area contributed by atoms with E-state index in [1.54, 1.807) is 30.2 Å². The molecule has 1 N–H and O–H groups in total. The molecule has 0 radical (unpaired) electrons. The van der Waals surface area contributed by atoms with Gasteiger partial charge in [-0.1, -0.05) is 6.07 Å². The fraction of sp³-hybridized carbons (Fsp3) is 0.158. The number of aromatic nitrogens is 7. The van der Waals surface area contributed by atoms with Gasteiger partial charge in [0.1, 0.15) is 11.5 Å². The van der Waals surface area contributed by atoms with Gasteiger partial charge in [0, 0.05) is 49.2 Å². The van der Waals surface area contributed by atoms with Crippen molar-refractivity contribution in [1.82, 2.24) is 40.3 Å². The summed E-state index contributed by atoms with van der Waals surface area (Å²) in [6.45, 7) is 0.209. The van der Waals surface area contributed by atoms with E-state index in [0.717, 1.165) is 28.2 Å². The number of pyridine rings is 1. The van der Waals surface area contributed by atoms with E-state index in [9.17, 15) is 13.6 Å². The molecule has 0 bridgehead atoms. The van der Waals surface area contributed by atoms with Crippen molar-refractivity contribution in [2.24, 2.45) is 7.05 Å². The summed E-state index contributed by atoms with van der Waals surface area (Å²) in [6, 6.07) is 8.44. The van der Waals surface area contributed by atoms with Gasteiger partial charge in [0.05, 0.1) is 6.20 Å². The Kier molecular flexibility index (Phi) is 5.24. The second-order valence-electron chi connectivity index (χ2n) is 6.46. The summed E-state index contributed by atoms with van der Waals surface area (Å²) in [4.78, 5) is 17.7. The number of aryl methyl sites for hydroxylation is 1. The van der Waals surface area contributed by atoms with Gasteiger partial charge in [-0.15, -0.1) is 15.0 Å². The molecule has 0 saturated heterocycles. The van der Waals surface area contributed by atoms with Crippen LogP contribution in [0, 0.1) is 11.6 Å². The fourth-order valence-electron chi connectivity index (χ4n) is 2.92. The van der Waals surface area contributed by atoms with Gasteiger partial charge >= 0.3 is 0 Å². The predicted molar refractivity (Wildman–Crippen MR) is 101 cm³/mol. The molecular formula is C19H16F2N8O. The molecule has 0 aliphatic carbocycles. The van der Waals surface area contributed by atoms with E-state index < -0.39 is 17.5 Å². The number of rotatable bonds is 6. The first kappa shape index (κ1) is 19.3. The van der Waals surface area contributed by atoms with E-state index in [0.29, 0.717) is 6.07 Å². The zero-order valence-electron chi connectivity index (χ0n) is 15.8. The Morgan fingerprint density at radius 2 is 2.10 bits per heavy atom. The van der Waals surface area contributed by atoms with E-state index in [-0.39, 0.29) is 24.0 Å². The Morgan fingerprint density at radius 3 is 2.80 bits per heavy atom. The SMILES string of the molecule is Cn1cc(C(CNC(=O)c2nnn(-c3ccc(F)cc3F)n2)c2ccccn2)cn1. The third-order valence-corrected chi connectivity index (χ3v) is 4.38. The molecule has 0 spiro atoms. The molecule has 4 rings (SSSR count). The Morgan fingerprint density at radius 1 is 1.23 bits per heavy atom. The summed E-state index contributed by atoms with van der Waals surface area (Å²) >= 11 is 0. The van der Waals surface area contributed by atoms with Crippen molar-refractivity contribution >= 4 is 5.91 Å². The van der Waals surface area contributed by atoms with Crippen LogP contribution in [0.15, 0.2) is 55.0 Å². The van der Waals surface area contributed by atoms with Gasteiger partial charge < -0.3 is 5.32 Å². The third kappa shape index (κ3) is 4.04. The number of nitrogens with zero attached hydrogens (tertiary/aromatic N) is 7. The molecule has 3 aromatic heterocycles. The molecule has 30 heavy (non-hydrogen) atoms. The minimum absolute atomic E-state index is 0.121. The Labute approximate surface area is 169 Å². The molecule has 1 aromatic carbocycles. The number of nitrogens with one attached hydrogen (secondary N) is 1. The van der Waals surface area contributed by atoms with Crippen molar-refractivity contribution in [2.45, 2.75) is 5.92 Å². The summed E-state index contributed by atoms with van der Waals surface area (Å²) in [5.74, 6) is -2.68. The molecule has 1 unspecified atom stereocenters. The van der Waals surface area contributed by atoms with Gasteiger partial charge in [-0.3, -0.25) is 14.5 Å². The summed E-state index contributed by atoms with van der Waals surface area (Å²) in [6.07, 6.45) is 5.22. The van der Waals surface area contributed by atoms with Crippen molar-refractivity contribution in [3.8, 4) is 5.69 Å². The van der Waals surface area contributed by atoms with E-state index >= 15 is 0 Å². The smallest absolute Gasteiger partial charge is 0.292 e.